The van der Waals surface area contributed by atoms with Crippen molar-refractivity contribution in [3.8, 4) is 0 Å². The maximum atomic E-state index is 13.4. The van der Waals surface area contributed by atoms with E-state index in [0.29, 0.717) is 11.3 Å². The Kier molecular flexibility index (Phi) is 7.65. The van der Waals surface area contributed by atoms with Gasteiger partial charge in [-0.2, -0.15) is 0 Å². The van der Waals surface area contributed by atoms with Gasteiger partial charge in [-0.25, -0.2) is 22.3 Å². The number of hydrogen-bond donors (Lipinski definition) is 1. The predicted octanol–water partition coefficient (Wildman–Crippen LogP) is 4.21. The molecular weight excluding hydrogens is 519 g/mol. The smallest absolute Gasteiger partial charge is 0.339 e. The Morgan fingerprint density at radius 2 is 1.81 bits per heavy atom. The van der Waals surface area contributed by atoms with Crippen LogP contribution in [0.5, 0.6) is 0 Å². The van der Waals surface area contributed by atoms with Gasteiger partial charge in [-0.1, -0.05) is 24.3 Å². The van der Waals surface area contributed by atoms with Crippen LogP contribution in [0.15, 0.2) is 71.6 Å². The van der Waals surface area contributed by atoms with Gasteiger partial charge in [0.25, 0.3) is 15.9 Å². The van der Waals surface area contributed by atoms with Crippen molar-refractivity contribution in [1.29, 1.82) is 0 Å². The summed E-state index contributed by atoms with van der Waals surface area (Å²) in [5, 5.41) is -0.369. The van der Waals surface area contributed by atoms with Crippen LogP contribution < -0.4 is 9.62 Å². The van der Waals surface area contributed by atoms with E-state index in [1.54, 1.807) is 36.9 Å². The Labute approximate surface area is 217 Å². The number of amides is 2. The number of hydrogen-bond acceptors (Lipinski definition) is 7. The van der Waals surface area contributed by atoms with Gasteiger partial charge in [0, 0.05) is 11.3 Å². The van der Waals surface area contributed by atoms with Gasteiger partial charge in [0.05, 0.1) is 17.9 Å². The minimum atomic E-state index is -4.40. The molecule has 1 aliphatic heterocycles. The summed E-state index contributed by atoms with van der Waals surface area (Å²) in [6.07, 6.45) is 0. The number of nitrogens with one attached hydrogen (secondary N) is 1. The summed E-state index contributed by atoms with van der Waals surface area (Å²) >= 11 is 1.40. The van der Waals surface area contributed by atoms with Crippen LogP contribution in [0.4, 0.5) is 10.1 Å². The first-order valence-electron chi connectivity index (χ1n) is 11.3. The van der Waals surface area contributed by atoms with Crippen molar-refractivity contribution in [2.75, 3.05) is 17.3 Å². The fourth-order valence-electron chi connectivity index (χ4n) is 3.94. The van der Waals surface area contributed by atoms with Crippen molar-refractivity contribution < 1.29 is 31.9 Å². The van der Waals surface area contributed by atoms with E-state index in [4.69, 9.17) is 4.74 Å². The number of nitrogens with zero attached hydrogens (tertiary/aromatic N) is 1. The Morgan fingerprint density at radius 3 is 2.49 bits per heavy atom. The molecule has 0 saturated carbocycles. The number of sulfonamides is 1. The largest absolute Gasteiger partial charge is 0.462 e. The molecule has 192 valence electrons. The van der Waals surface area contributed by atoms with Gasteiger partial charge >= 0.3 is 5.97 Å². The van der Waals surface area contributed by atoms with Gasteiger partial charge in [-0.05, 0) is 67.4 Å². The molecule has 11 heteroatoms. The molecule has 1 heterocycles. The standard InChI is InChI=1S/C26H23FN2O6S2/c1-3-35-26(32)20-6-4-5-7-22(20)37(33,34)28-24(31)18-10-13-21(16(2)14-18)29-23(30)15-36-25(29)17-8-11-19(27)12-9-17/h4-14,25H,3,15H2,1-2H3,(H,28,31). The molecular formula is C26H23FN2O6S2. The summed E-state index contributed by atoms with van der Waals surface area (Å²) in [6, 6.07) is 15.8. The van der Waals surface area contributed by atoms with Crippen LogP contribution >= 0.6 is 11.8 Å². The zero-order chi connectivity index (χ0) is 26.7. The second kappa shape index (κ2) is 10.7. The number of benzene rings is 3. The fraction of sp³-hybridized carbons (Fsp3) is 0.192. The fourth-order valence-corrected chi connectivity index (χ4v) is 6.28. The highest BCUT2D eigenvalue weighted by atomic mass is 32.2. The first-order chi connectivity index (χ1) is 17.6. The minimum absolute atomic E-state index is 0.0519. The molecule has 0 aromatic heterocycles. The molecule has 1 fully saturated rings. The normalized spacial score (nSPS) is 15.5. The van der Waals surface area contributed by atoms with E-state index in [1.165, 1.54) is 60.3 Å². The van der Waals surface area contributed by atoms with Gasteiger partial charge in [0.15, 0.2) is 0 Å². The molecule has 0 bridgehead atoms. The number of thioether (sulfide) groups is 1. The van der Waals surface area contributed by atoms with E-state index in [-0.39, 0.29) is 45.5 Å². The third-order valence-electron chi connectivity index (χ3n) is 5.64. The van der Waals surface area contributed by atoms with Crippen molar-refractivity contribution in [1.82, 2.24) is 4.72 Å². The molecule has 1 atom stereocenters. The molecule has 8 nitrogen and oxygen atoms in total. The Hall–Kier alpha value is -3.70. The summed E-state index contributed by atoms with van der Waals surface area (Å²) in [7, 11) is -4.40. The van der Waals surface area contributed by atoms with Crippen LogP contribution in [-0.2, 0) is 19.6 Å². The average molecular weight is 543 g/mol. The molecule has 1 N–H and O–H groups in total. The van der Waals surface area contributed by atoms with Crippen molar-refractivity contribution >= 4 is 45.3 Å². The van der Waals surface area contributed by atoms with Crippen LogP contribution in [-0.4, -0.2) is 38.6 Å². The first kappa shape index (κ1) is 26.4. The lowest BCUT2D eigenvalue weighted by Crippen LogP contribution is -2.32. The van der Waals surface area contributed by atoms with Crippen LogP contribution in [0.25, 0.3) is 0 Å². The number of carbonyl (C=O) groups is 3. The number of anilines is 1. The molecule has 0 aliphatic carbocycles. The van der Waals surface area contributed by atoms with Gasteiger partial charge < -0.3 is 4.74 Å². The maximum Gasteiger partial charge on any atom is 0.339 e. The number of halogens is 1. The highest BCUT2D eigenvalue weighted by molar-refractivity contribution is 8.00. The van der Waals surface area contributed by atoms with Gasteiger partial charge in [-0.15, -0.1) is 11.8 Å². The topological polar surface area (TPSA) is 110 Å². The zero-order valence-corrected chi connectivity index (χ0v) is 21.6. The van der Waals surface area contributed by atoms with Crippen molar-refractivity contribution in [3.05, 3.63) is 94.8 Å². The highest BCUT2D eigenvalue weighted by Gasteiger charge is 2.35. The molecule has 2 amide bonds. The summed E-state index contributed by atoms with van der Waals surface area (Å²) in [6.45, 7) is 3.36. The summed E-state index contributed by atoms with van der Waals surface area (Å²) in [5.41, 5.74) is 1.74. The number of esters is 1. The van der Waals surface area contributed by atoms with Crippen molar-refractivity contribution in [3.63, 3.8) is 0 Å². The Morgan fingerprint density at radius 1 is 1.11 bits per heavy atom. The molecule has 3 aromatic carbocycles. The number of carbonyl (C=O) groups excluding carboxylic acids is 3. The lowest BCUT2D eigenvalue weighted by Gasteiger charge is -2.26. The first-order valence-corrected chi connectivity index (χ1v) is 13.8. The van der Waals surface area contributed by atoms with E-state index < -0.39 is 21.9 Å². The third-order valence-corrected chi connectivity index (χ3v) is 8.24. The van der Waals surface area contributed by atoms with Crippen molar-refractivity contribution in [2.45, 2.75) is 24.1 Å². The molecule has 3 aromatic rings. The number of ether oxygens (including phenoxy) is 1. The lowest BCUT2D eigenvalue weighted by atomic mass is 10.1. The average Bonchev–Trinajstić information content (AvgIpc) is 3.25. The van der Waals surface area contributed by atoms with E-state index in [2.05, 4.69) is 0 Å². The molecule has 1 unspecified atom stereocenters. The molecule has 37 heavy (non-hydrogen) atoms. The van der Waals surface area contributed by atoms with E-state index in [0.717, 1.165) is 5.56 Å². The quantitative estimate of drug-likeness (QED) is 0.446. The molecule has 0 spiro atoms. The second-order valence-electron chi connectivity index (χ2n) is 8.13. The van der Waals surface area contributed by atoms with Crippen LogP contribution in [0.2, 0.25) is 0 Å². The van der Waals surface area contributed by atoms with Gasteiger partial charge in [-0.3, -0.25) is 14.5 Å². The Balaban J connectivity index is 1.59. The third kappa shape index (κ3) is 5.52. The van der Waals surface area contributed by atoms with Gasteiger partial charge in [0.1, 0.15) is 16.1 Å². The predicted molar refractivity (Wildman–Crippen MR) is 137 cm³/mol. The molecule has 1 saturated heterocycles. The summed E-state index contributed by atoms with van der Waals surface area (Å²) in [4.78, 5) is 39.0. The SMILES string of the molecule is CCOC(=O)c1ccccc1S(=O)(=O)NC(=O)c1ccc(N2C(=O)CSC2c2ccc(F)cc2)c(C)c1. The zero-order valence-electron chi connectivity index (χ0n) is 19.9. The highest BCUT2D eigenvalue weighted by Crippen LogP contribution is 2.42. The van der Waals surface area contributed by atoms with Crippen LogP contribution in [0, 0.1) is 12.7 Å². The summed E-state index contributed by atoms with van der Waals surface area (Å²) in [5.74, 6) is -2.00. The van der Waals surface area contributed by atoms with Crippen molar-refractivity contribution in [2.24, 2.45) is 0 Å². The number of rotatable bonds is 7. The van der Waals surface area contributed by atoms with E-state index >= 15 is 0 Å². The lowest BCUT2D eigenvalue weighted by molar-refractivity contribution is -0.115. The molecule has 4 rings (SSSR count). The monoisotopic (exact) mass is 542 g/mol. The van der Waals surface area contributed by atoms with Crippen LogP contribution in [0.3, 0.4) is 0 Å². The number of aryl methyl sites for hydroxylation is 1. The molecule has 0 radical (unpaired) electrons. The van der Waals surface area contributed by atoms with Gasteiger partial charge in [0.2, 0.25) is 5.91 Å². The summed E-state index contributed by atoms with van der Waals surface area (Å²) < 4.78 is 46.2. The Bertz CT molecular complexity index is 1470. The van der Waals surface area contributed by atoms with E-state index in [9.17, 15) is 27.2 Å². The van der Waals surface area contributed by atoms with Crippen LogP contribution in [0.1, 0.15) is 44.1 Å². The minimum Gasteiger partial charge on any atom is -0.462 e. The maximum absolute atomic E-state index is 13.4. The van der Waals surface area contributed by atoms with E-state index in [1.807, 2.05) is 4.72 Å². The molecule has 1 aliphatic rings. The second-order valence-corrected chi connectivity index (χ2v) is 10.9.